The number of aryl methyl sites for hydroxylation is 1. The van der Waals surface area contributed by atoms with Gasteiger partial charge in [-0.05, 0) is 67.4 Å². The van der Waals surface area contributed by atoms with E-state index in [1.807, 2.05) is 62.4 Å². The van der Waals surface area contributed by atoms with Gasteiger partial charge < -0.3 is 10.6 Å². The van der Waals surface area contributed by atoms with Crippen molar-refractivity contribution in [3.8, 4) is 0 Å². The summed E-state index contributed by atoms with van der Waals surface area (Å²) in [6, 6.07) is 20.7. The lowest BCUT2D eigenvalue weighted by Gasteiger charge is -2.12. The van der Waals surface area contributed by atoms with Gasteiger partial charge in [0.25, 0.3) is 0 Å². The molecule has 0 aliphatic carbocycles. The summed E-state index contributed by atoms with van der Waals surface area (Å²) in [6.07, 6.45) is 0.259. The number of carbonyl (C=O) groups excluding carboxylic acids is 2. The molecule has 168 valence electrons. The minimum atomic E-state index is -0.334. The first-order chi connectivity index (χ1) is 15.9. The Bertz CT molecular complexity index is 1300. The van der Waals surface area contributed by atoms with Crippen LogP contribution < -0.4 is 10.6 Å². The van der Waals surface area contributed by atoms with E-state index in [2.05, 4.69) is 21.7 Å². The molecule has 1 atom stereocenters. The zero-order valence-electron chi connectivity index (χ0n) is 18.1. The number of hydrogen-bond acceptors (Lipinski definition) is 5. The van der Waals surface area contributed by atoms with Gasteiger partial charge in [-0.3, -0.25) is 9.59 Å². The van der Waals surface area contributed by atoms with Gasteiger partial charge in [0.2, 0.25) is 11.8 Å². The Balaban J connectivity index is 1.34. The summed E-state index contributed by atoms with van der Waals surface area (Å²) >= 11 is 8.79. The number of halogens is 1. The topological polar surface area (TPSA) is 71.1 Å². The van der Waals surface area contributed by atoms with Crippen LogP contribution in [0.4, 0.5) is 10.8 Å². The van der Waals surface area contributed by atoms with Crippen LogP contribution in [0.2, 0.25) is 5.02 Å². The Labute approximate surface area is 205 Å². The molecule has 0 fully saturated rings. The summed E-state index contributed by atoms with van der Waals surface area (Å²) in [6.45, 7) is 3.88. The molecule has 0 bridgehead atoms. The van der Waals surface area contributed by atoms with Crippen LogP contribution in [0.5, 0.6) is 0 Å². The number of thioether (sulfide) groups is 1. The van der Waals surface area contributed by atoms with Crippen LogP contribution in [-0.4, -0.2) is 22.0 Å². The number of amides is 2. The number of nitrogens with zero attached hydrogens (tertiary/aromatic N) is 1. The minimum absolute atomic E-state index is 0.115. The number of carbonyl (C=O) groups is 2. The molecule has 3 aromatic carbocycles. The largest absolute Gasteiger partial charge is 0.326 e. The summed E-state index contributed by atoms with van der Waals surface area (Å²) in [7, 11) is 0. The zero-order chi connectivity index (χ0) is 23.4. The molecule has 0 spiro atoms. The number of anilines is 2. The van der Waals surface area contributed by atoms with Crippen molar-refractivity contribution in [2.45, 2.75) is 30.4 Å². The third-order valence-electron chi connectivity index (χ3n) is 4.85. The van der Waals surface area contributed by atoms with Crippen molar-refractivity contribution in [2.75, 3.05) is 10.6 Å². The normalized spacial score (nSPS) is 11.8. The van der Waals surface area contributed by atoms with Gasteiger partial charge in [-0.1, -0.05) is 47.2 Å². The fourth-order valence-corrected chi connectivity index (χ4v) is 5.21. The van der Waals surface area contributed by atoms with E-state index in [-0.39, 0.29) is 23.5 Å². The maximum Gasteiger partial charge on any atom is 0.239 e. The molecule has 1 heterocycles. The van der Waals surface area contributed by atoms with Gasteiger partial charge in [0.05, 0.1) is 21.9 Å². The number of benzene rings is 3. The van der Waals surface area contributed by atoms with Crippen molar-refractivity contribution in [1.82, 2.24) is 4.98 Å². The van der Waals surface area contributed by atoms with Crippen molar-refractivity contribution in [3.63, 3.8) is 0 Å². The van der Waals surface area contributed by atoms with Gasteiger partial charge in [0, 0.05) is 15.6 Å². The molecule has 1 aromatic heterocycles. The minimum Gasteiger partial charge on any atom is -0.326 e. The van der Waals surface area contributed by atoms with E-state index in [0.29, 0.717) is 15.8 Å². The average Bonchev–Trinajstić information content (AvgIpc) is 3.16. The van der Waals surface area contributed by atoms with Crippen LogP contribution in [0.3, 0.4) is 0 Å². The van der Waals surface area contributed by atoms with Crippen molar-refractivity contribution in [2.24, 2.45) is 0 Å². The van der Waals surface area contributed by atoms with Crippen molar-refractivity contribution < 1.29 is 9.59 Å². The quantitative estimate of drug-likeness (QED) is 0.285. The van der Waals surface area contributed by atoms with E-state index >= 15 is 0 Å². The van der Waals surface area contributed by atoms with Crippen LogP contribution in [0.15, 0.2) is 71.6 Å². The highest BCUT2D eigenvalue weighted by atomic mass is 35.5. The predicted octanol–water partition coefficient (Wildman–Crippen LogP) is 6.56. The van der Waals surface area contributed by atoms with Crippen molar-refractivity contribution in [3.05, 3.63) is 82.9 Å². The molecule has 2 N–H and O–H groups in total. The first kappa shape index (κ1) is 23.3. The molecule has 33 heavy (non-hydrogen) atoms. The highest BCUT2D eigenvalue weighted by molar-refractivity contribution is 8.00. The summed E-state index contributed by atoms with van der Waals surface area (Å²) in [4.78, 5) is 30.5. The second kappa shape index (κ2) is 10.4. The lowest BCUT2D eigenvalue weighted by Crippen LogP contribution is -2.22. The molecule has 0 saturated carbocycles. The van der Waals surface area contributed by atoms with Gasteiger partial charge in [-0.15, -0.1) is 11.8 Å². The van der Waals surface area contributed by atoms with E-state index in [0.717, 1.165) is 26.2 Å². The Morgan fingerprint density at radius 3 is 2.64 bits per heavy atom. The predicted molar refractivity (Wildman–Crippen MR) is 139 cm³/mol. The third-order valence-corrected chi connectivity index (χ3v) is 7.13. The molecule has 2 amide bonds. The first-order valence-corrected chi connectivity index (χ1v) is 12.4. The Morgan fingerprint density at radius 2 is 1.85 bits per heavy atom. The maximum absolute atomic E-state index is 12.7. The van der Waals surface area contributed by atoms with Crippen molar-refractivity contribution in [1.29, 1.82) is 0 Å². The molecule has 4 rings (SSSR count). The van der Waals surface area contributed by atoms with E-state index in [9.17, 15) is 9.59 Å². The van der Waals surface area contributed by atoms with Crippen LogP contribution in [0.25, 0.3) is 10.2 Å². The van der Waals surface area contributed by atoms with Crippen LogP contribution in [0.1, 0.15) is 18.1 Å². The molecular weight excluding hydrogens is 474 g/mol. The number of fused-ring (bicyclic) bond motifs is 1. The molecule has 8 heteroatoms. The van der Waals surface area contributed by atoms with Crippen LogP contribution in [0, 0.1) is 6.92 Å². The Morgan fingerprint density at radius 1 is 1.06 bits per heavy atom. The third kappa shape index (κ3) is 6.35. The molecule has 4 aromatic rings. The summed E-state index contributed by atoms with van der Waals surface area (Å²) in [5.41, 5.74) is 3.61. The number of nitrogens with one attached hydrogen (secondary N) is 2. The van der Waals surface area contributed by atoms with E-state index < -0.39 is 0 Å². The SMILES string of the molecule is Cc1ccc2nc(NC(=O)C(C)Sc3cccc(NC(=O)Cc4ccc(Cl)cc4)c3)sc2c1. The molecule has 0 radical (unpaired) electrons. The lowest BCUT2D eigenvalue weighted by molar-refractivity contribution is -0.116. The smallest absolute Gasteiger partial charge is 0.239 e. The average molecular weight is 496 g/mol. The Kier molecular flexibility index (Phi) is 7.33. The summed E-state index contributed by atoms with van der Waals surface area (Å²) in [5.74, 6) is -0.232. The number of hydrogen-bond donors (Lipinski definition) is 2. The van der Waals surface area contributed by atoms with Gasteiger partial charge in [0.15, 0.2) is 5.13 Å². The fraction of sp³-hybridized carbons (Fsp3) is 0.160. The van der Waals surface area contributed by atoms with E-state index in [4.69, 9.17) is 11.6 Å². The molecule has 1 unspecified atom stereocenters. The summed E-state index contributed by atoms with van der Waals surface area (Å²) in [5, 5.41) is 6.73. The fourth-order valence-electron chi connectivity index (χ4n) is 3.19. The number of thiazole rings is 1. The van der Waals surface area contributed by atoms with E-state index in [1.54, 1.807) is 12.1 Å². The van der Waals surface area contributed by atoms with Gasteiger partial charge in [-0.2, -0.15) is 0 Å². The second-order valence-corrected chi connectivity index (χ2v) is 10.5. The molecule has 0 aliphatic heterocycles. The molecular formula is C25H22ClN3O2S2. The van der Waals surface area contributed by atoms with Crippen molar-refractivity contribution >= 4 is 67.5 Å². The number of rotatable bonds is 7. The summed E-state index contributed by atoms with van der Waals surface area (Å²) < 4.78 is 1.05. The van der Waals surface area contributed by atoms with Crippen LogP contribution >= 0.6 is 34.7 Å². The highest BCUT2D eigenvalue weighted by Gasteiger charge is 2.17. The molecule has 0 saturated heterocycles. The standard InChI is InChI=1S/C25H22ClN3O2S2/c1-15-6-11-21-22(12-15)33-25(28-21)29-24(31)16(2)32-20-5-3-4-19(14-20)27-23(30)13-17-7-9-18(26)10-8-17/h3-12,14,16H,13H2,1-2H3,(H,27,30)(H,28,29,31). The molecule has 5 nitrogen and oxygen atoms in total. The second-order valence-electron chi connectivity index (χ2n) is 7.62. The lowest BCUT2D eigenvalue weighted by atomic mass is 10.1. The number of aromatic nitrogens is 1. The Hall–Kier alpha value is -2.87. The highest BCUT2D eigenvalue weighted by Crippen LogP contribution is 2.29. The van der Waals surface area contributed by atoms with Crippen LogP contribution in [-0.2, 0) is 16.0 Å². The monoisotopic (exact) mass is 495 g/mol. The maximum atomic E-state index is 12.7. The van der Waals surface area contributed by atoms with Gasteiger partial charge in [-0.25, -0.2) is 4.98 Å². The van der Waals surface area contributed by atoms with Gasteiger partial charge >= 0.3 is 0 Å². The first-order valence-electron chi connectivity index (χ1n) is 10.3. The zero-order valence-corrected chi connectivity index (χ0v) is 20.5. The molecule has 0 aliphatic rings. The van der Waals surface area contributed by atoms with E-state index in [1.165, 1.54) is 23.1 Å². The van der Waals surface area contributed by atoms with Gasteiger partial charge in [0.1, 0.15) is 0 Å².